The largest absolute Gasteiger partial charge is 0.379 e. The van der Waals surface area contributed by atoms with Gasteiger partial charge in [0.05, 0.1) is 18.1 Å². The molecular weight excluding hydrogens is 300 g/mol. The summed E-state index contributed by atoms with van der Waals surface area (Å²) in [6, 6.07) is 4.77. The van der Waals surface area contributed by atoms with Crippen LogP contribution in [0.1, 0.15) is 12.0 Å². The van der Waals surface area contributed by atoms with E-state index in [9.17, 15) is 14.9 Å². The molecule has 0 aromatic heterocycles. The molecule has 8 heteroatoms. The van der Waals surface area contributed by atoms with Crippen LogP contribution in [-0.2, 0) is 9.53 Å². The zero-order valence-electron chi connectivity index (χ0n) is 13.1. The van der Waals surface area contributed by atoms with Crippen molar-refractivity contribution >= 4 is 17.3 Å². The highest BCUT2D eigenvalue weighted by molar-refractivity contribution is 5.81. The minimum Gasteiger partial charge on any atom is -0.379 e. The number of carbonyl (C=O) groups excluding carboxylic acids is 1. The molecule has 1 amide bonds. The van der Waals surface area contributed by atoms with E-state index in [1.54, 1.807) is 12.1 Å². The van der Waals surface area contributed by atoms with Gasteiger partial charge in [-0.3, -0.25) is 14.9 Å². The normalized spacial score (nSPS) is 17.5. The van der Waals surface area contributed by atoms with Gasteiger partial charge in [-0.1, -0.05) is 6.07 Å². The Bertz CT molecular complexity index is 558. The standard InChI is InChI=1S/C15H22N4O4/c1-11-3-4-12(14(9-11)19(21)22)16-5-2-6-18-15(20)13-10-23-8-7-17-13/h3-4,9,13,16-17H,2,5-8,10H2,1H3,(H,18,20). The van der Waals surface area contributed by atoms with Gasteiger partial charge in [-0.05, 0) is 25.0 Å². The highest BCUT2D eigenvalue weighted by Crippen LogP contribution is 2.24. The molecule has 3 N–H and O–H groups in total. The smallest absolute Gasteiger partial charge is 0.292 e. The Morgan fingerprint density at radius 2 is 2.30 bits per heavy atom. The third-order valence-electron chi connectivity index (χ3n) is 3.56. The van der Waals surface area contributed by atoms with Crippen LogP contribution in [0.25, 0.3) is 0 Å². The molecule has 0 radical (unpaired) electrons. The lowest BCUT2D eigenvalue weighted by Crippen LogP contribution is -2.51. The number of nitro benzene ring substituents is 1. The Morgan fingerprint density at radius 3 is 3.00 bits per heavy atom. The van der Waals surface area contributed by atoms with Crippen molar-refractivity contribution in [3.05, 3.63) is 33.9 Å². The van der Waals surface area contributed by atoms with E-state index >= 15 is 0 Å². The molecule has 1 aromatic rings. The Kier molecular flexibility index (Phi) is 6.30. The number of nitrogens with zero attached hydrogens (tertiary/aromatic N) is 1. The quantitative estimate of drug-likeness (QED) is 0.390. The van der Waals surface area contributed by atoms with Crippen LogP contribution in [0.5, 0.6) is 0 Å². The van der Waals surface area contributed by atoms with Gasteiger partial charge in [0.2, 0.25) is 5.91 Å². The summed E-state index contributed by atoms with van der Waals surface area (Å²) in [4.78, 5) is 22.5. The number of hydrogen-bond acceptors (Lipinski definition) is 6. The molecule has 23 heavy (non-hydrogen) atoms. The number of anilines is 1. The topological polar surface area (TPSA) is 106 Å². The lowest BCUT2D eigenvalue weighted by molar-refractivity contribution is -0.384. The van der Waals surface area contributed by atoms with Crippen molar-refractivity contribution in [2.45, 2.75) is 19.4 Å². The average Bonchev–Trinajstić information content (AvgIpc) is 2.56. The van der Waals surface area contributed by atoms with Crippen molar-refractivity contribution < 1.29 is 14.5 Å². The predicted octanol–water partition coefficient (Wildman–Crippen LogP) is 0.810. The number of nitro groups is 1. The van der Waals surface area contributed by atoms with Crippen LogP contribution in [0.2, 0.25) is 0 Å². The van der Waals surface area contributed by atoms with Gasteiger partial charge >= 0.3 is 0 Å². The van der Waals surface area contributed by atoms with Crippen molar-refractivity contribution in [1.29, 1.82) is 0 Å². The lowest BCUT2D eigenvalue weighted by Gasteiger charge is -2.22. The summed E-state index contributed by atoms with van der Waals surface area (Å²) < 4.78 is 5.23. The zero-order valence-corrected chi connectivity index (χ0v) is 13.1. The van der Waals surface area contributed by atoms with Gasteiger partial charge < -0.3 is 20.7 Å². The number of nitrogens with one attached hydrogen (secondary N) is 3. The highest BCUT2D eigenvalue weighted by atomic mass is 16.6. The van der Waals surface area contributed by atoms with Crippen LogP contribution < -0.4 is 16.0 Å². The molecule has 1 aliphatic heterocycles. The van der Waals surface area contributed by atoms with Crippen LogP contribution in [0.15, 0.2) is 18.2 Å². The van der Waals surface area contributed by atoms with E-state index in [4.69, 9.17) is 4.74 Å². The van der Waals surface area contributed by atoms with Gasteiger partial charge in [-0.25, -0.2) is 0 Å². The van der Waals surface area contributed by atoms with Crippen LogP contribution in [0.3, 0.4) is 0 Å². The molecular formula is C15H22N4O4. The highest BCUT2D eigenvalue weighted by Gasteiger charge is 2.20. The molecule has 1 saturated heterocycles. The number of hydrogen-bond donors (Lipinski definition) is 3. The maximum Gasteiger partial charge on any atom is 0.292 e. The fourth-order valence-electron chi connectivity index (χ4n) is 2.32. The van der Waals surface area contributed by atoms with Gasteiger partial charge in [0, 0.05) is 25.7 Å². The summed E-state index contributed by atoms with van der Waals surface area (Å²) >= 11 is 0. The fraction of sp³-hybridized carbons (Fsp3) is 0.533. The van der Waals surface area contributed by atoms with E-state index in [-0.39, 0.29) is 17.6 Å². The molecule has 1 heterocycles. The number of aryl methyl sites for hydroxylation is 1. The maximum atomic E-state index is 11.8. The number of amides is 1. The average molecular weight is 322 g/mol. The van der Waals surface area contributed by atoms with Gasteiger partial charge in [0.15, 0.2) is 0 Å². The van der Waals surface area contributed by atoms with Crippen LogP contribution in [0, 0.1) is 17.0 Å². The van der Waals surface area contributed by atoms with E-state index in [2.05, 4.69) is 16.0 Å². The van der Waals surface area contributed by atoms with E-state index in [1.807, 2.05) is 13.0 Å². The van der Waals surface area contributed by atoms with E-state index in [0.717, 1.165) is 5.56 Å². The maximum absolute atomic E-state index is 11.8. The van der Waals surface area contributed by atoms with Crippen molar-refractivity contribution in [2.75, 3.05) is 38.2 Å². The summed E-state index contributed by atoms with van der Waals surface area (Å²) in [6.07, 6.45) is 0.671. The molecule has 126 valence electrons. The summed E-state index contributed by atoms with van der Waals surface area (Å²) in [6.45, 7) is 4.55. The molecule has 8 nitrogen and oxygen atoms in total. The first-order valence-corrected chi connectivity index (χ1v) is 7.65. The van der Waals surface area contributed by atoms with Crippen LogP contribution in [0.4, 0.5) is 11.4 Å². The second kappa shape index (κ2) is 8.44. The predicted molar refractivity (Wildman–Crippen MR) is 86.6 cm³/mol. The number of benzene rings is 1. The fourth-order valence-corrected chi connectivity index (χ4v) is 2.32. The molecule has 1 atom stereocenters. The first-order chi connectivity index (χ1) is 11.1. The zero-order chi connectivity index (χ0) is 16.7. The summed E-state index contributed by atoms with van der Waals surface area (Å²) in [5.74, 6) is -0.0778. The SMILES string of the molecule is Cc1ccc(NCCCNC(=O)C2COCCN2)c([N+](=O)[O-])c1. The molecule has 1 aromatic carbocycles. The second-order valence-electron chi connectivity index (χ2n) is 5.43. The number of carbonyl (C=O) groups is 1. The van der Waals surface area contributed by atoms with Crippen molar-refractivity contribution in [3.8, 4) is 0 Å². The molecule has 2 rings (SSSR count). The third-order valence-corrected chi connectivity index (χ3v) is 3.56. The molecule has 0 saturated carbocycles. The number of rotatable bonds is 7. The van der Waals surface area contributed by atoms with E-state index in [0.29, 0.717) is 45.0 Å². The Hall–Kier alpha value is -2.19. The molecule has 0 bridgehead atoms. The van der Waals surface area contributed by atoms with E-state index in [1.165, 1.54) is 0 Å². The van der Waals surface area contributed by atoms with Gasteiger partial charge in [0.1, 0.15) is 11.7 Å². The van der Waals surface area contributed by atoms with Crippen molar-refractivity contribution in [3.63, 3.8) is 0 Å². The molecule has 0 spiro atoms. The first-order valence-electron chi connectivity index (χ1n) is 7.65. The number of morpholine rings is 1. The lowest BCUT2D eigenvalue weighted by atomic mass is 10.2. The summed E-state index contributed by atoms with van der Waals surface area (Å²) in [5.41, 5.74) is 1.41. The number of ether oxygens (including phenoxy) is 1. The molecule has 1 fully saturated rings. The van der Waals surface area contributed by atoms with Crippen molar-refractivity contribution in [2.24, 2.45) is 0 Å². The van der Waals surface area contributed by atoms with Gasteiger partial charge in [-0.15, -0.1) is 0 Å². The van der Waals surface area contributed by atoms with E-state index < -0.39 is 4.92 Å². The van der Waals surface area contributed by atoms with Crippen molar-refractivity contribution in [1.82, 2.24) is 10.6 Å². The third kappa shape index (κ3) is 5.19. The summed E-state index contributed by atoms with van der Waals surface area (Å²) in [7, 11) is 0. The Balaban J connectivity index is 1.71. The minimum atomic E-state index is -0.397. The summed E-state index contributed by atoms with van der Waals surface area (Å²) in [5, 5.41) is 20.0. The van der Waals surface area contributed by atoms with Crippen LogP contribution in [-0.4, -0.2) is 49.7 Å². The first kappa shape index (κ1) is 17.2. The molecule has 1 unspecified atom stereocenters. The Labute approximate surface area is 134 Å². The van der Waals surface area contributed by atoms with Gasteiger partial charge in [-0.2, -0.15) is 0 Å². The van der Waals surface area contributed by atoms with Gasteiger partial charge in [0.25, 0.3) is 5.69 Å². The van der Waals surface area contributed by atoms with Crippen LogP contribution >= 0.6 is 0 Å². The molecule has 1 aliphatic rings. The second-order valence-corrected chi connectivity index (χ2v) is 5.43. The molecule has 0 aliphatic carbocycles. The minimum absolute atomic E-state index is 0.0672. The monoisotopic (exact) mass is 322 g/mol. The Morgan fingerprint density at radius 1 is 1.48 bits per heavy atom.